The van der Waals surface area contributed by atoms with Crippen molar-refractivity contribution in [3.8, 4) is 11.5 Å². The van der Waals surface area contributed by atoms with E-state index in [1.54, 1.807) is 19.1 Å². The van der Waals surface area contributed by atoms with Crippen molar-refractivity contribution in [2.24, 2.45) is 0 Å². The Kier molecular flexibility index (Phi) is 11.0. The summed E-state index contributed by atoms with van der Waals surface area (Å²) in [5.41, 5.74) is 1.21. The van der Waals surface area contributed by atoms with Crippen LogP contribution in [0.2, 0.25) is 0 Å². The molecule has 0 aliphatic rings. The van der Waals surface area contributed by atoms with E-state index in [9.17, 15) is 18.0 Å². The lowest BCUT2D eigenvalue weighted by Gasteiger charge is -2.32. The Hall–Kier alpha value is -3.27. The van der Waals surface area contributed by atoms with Crippen molar-refractivity contribution in [3.05, 3.63) is 54.1 Å². The van der Waals surface area contributed by atoms with E-state index in [-0.39, 0.29) is 23.9 Å². The van der Waals surface area contributed by atoms with Gasteiger partial charge in [-0.15, -0.1) is 0 Å². The molecule has 0 fully saturated rings. The van der Waals surface area contributed by atoms with Gasteiger partial charge in [0.2, 0.25) is 21.8 Å². The highest BCUT2D eigenvalue weighted by molar-refractivity contribution is 7.92. The molecule has 2 aromatic carbocycles. The van der Waals surface area contributed by atoms with Crippen LogP contribution in [0, 0.1) is 0 Å². The van der Waals surface area contributed by atoms with Gasteiger partial charge >= 0.3 is 0 Å². The van der Waals surface area contributed by atoms with Crippen molar-refractivity contribution in [2.45, 2.75) is 39.2 Å². The van der Waals surface area contributed by atoms with Crippen LogP contribution in [0.4, 0.5) is 5.69 Å². The summed E-state index contributed by atoms with van der Waals surface area (Å²) in [7, 11) is -0.963. The van der Waals surface area contributed by atoms with Crippen LogP contribution >= 0.6 is 0 Å². The molecule has 0 saturated carbocycles. The molecule has 0 bridgehead atoms. The van der Waals surface area contributed by atoms with E-state index in [4.69, 9.17) is 9.47 Å². The first-order valence-electron chi connectivity index (χ1n) is 11.9. The molecule has 0 aromatic heterocycles. The highest BCUT2D eigenvalue weighted by atomic mass is 32.2. The molecule has 0 heterocycles. The van der Waals surface area contributed by atoms with Crippen molar-refractivity contribution < 1.29 is 27.5 Å². The quantitative estimate of drug-likeness (QED) is 0.385. The van der Waals surface area contributed by atoms with Crippen molar-refractivity contribution in [1.82, 2.24) is 10.2 Å². The van der Waals surface area contributed by atoms with E-state index in [0.717, 1.165) is 29.0 Å². The molecule has 2 aromatic rings. The molecule has 0 aliphatic heterocycles. The third-order valence-electron chi connectivity index (χ3n) is 5.82. The van der Waals surface area contributed by atoms with Crippen LogP contribution in [0.5, 0.6) is 11.5 Å². The van der Waals surface area contributed by atoms with Crippen LogP contribution in [0.15, 0.2) is 48.5 Å². The van der Waals surface area contributed by atoms with Crippen molar-refractivity contribution in [2.75, 3.05) is 44.4 Å². The number of carbonyl (C=O) groups is 2. The monoisotopic (exact) mass is 519 g/mol. The number of methoxy groups -OCH3 is 2. The summed E-state index contributed by atoms with van der Waals surface area (Å²) in [6.07, 6.45) is 3.30. The van der Waals surface area contributed by atoms with Gasteiger partial charge in [-0.3, -0.25) is 13.9 Å². The van der Waals surface area contributed by atoms with E-state index in [1.165, 1.54) is 25.2 Å². The molecule has 36 heavy (non-hydrogen) atoms. The number of nitrogens with zero attached hydrogens (tertiary/aromatic N) is 2. The summed E-state index contributed by atoms with van der Waals surface area (Å²) in [6, 6.07) is 13.5. The van der Waals surface area contributed by atoms with Gasteiger partial charge in [0, 0.05) is 19.2 Å². The Labute approximate surface area is 214 Å². The van der Waals surface area contributed by atoms with E-state index in [2.05, 4.69) is 5.32 Å². The first-order chi connectivity index (χ1) is 17.1. The van der Waals surface area contributed by atoms with Crippen LogP contribution in [-0.2, 0) is 26.0 Å². The summed E-state index contributed by atoms with van der Waals surface area (Å²) < 4.78 is 37.1. The summed E-state index contributed by atoms with van der Waals surface area (Å²) in [5.74, 6) is -0.0452. The predicted octanol–water partition coefficient (Wildman–Crippen LogP) is 2.85. The van der Waals surface area contributed by atoms with Crippen LogP contribution in [0.25, 0.3) is 0 Å². The second-order valence-corrected chi connectivity index (χ2v) is 10.4. The van der Waals surface area contributed by atoms with Gasteiger partial charge in [-0.05, 0) is 37.5 Å². The number of ether oxygens (including phenoxy) is 2. The molecule has 1 atom stereocenters. The zero-order valence-corrected chi connectivity index (χ0v) is 22.5. The largest absolute Gasteiger partial charge is 0.497 e. The number of amides is 2. The molecule has 0 aliphatic carbocycles. The standard InChI is InChI=1S/C26H37N3O6S/c1-6-7-16-27-26(31)20(2)28(17-15-21-11-9-8-10-12-21)25(30)19-29(36(5,32)33)23-14-13-22(34-3)18-24(23)35-4/h8-14,18,20H,6-7,15-17,19H2,1-5H3,(H,27,31)/t20-/m0/s1. The predicted molar refractivity (Wildman–Crippen MR) is 141 cm³/mol. The maximum absolute atomic E-state index is 13.6. The van der Waals surface area contributed by atoms with E-state index in [0.29, 0.717) is 18.7 Å². The second-order valence-electron chi connectivity index (χ2n) is 8.45. The number of benzene rings is 2. The van der Waals surface area contributed by atoms with Crippen LogP contribution in [0.1, 0.15) is 32.3 Å². The lowest BCUT2D eigenvalue weighted by Crippen LogP contribution is -2.52. The summed E-state index contributed by atoms with van der Waals surface area (Å²) in [5, 5.41) is 2.86. The minimum Gasteiger partial charge on any atom is -0.497 e. The molecule has 0 spiro atoms. The van der Waals surface area contributed by atoms with Gasteiger partial charge in [0.1, 0.15) is 24.1 Å². The van der Waals surface area contributed by atoms with Gasteiger partial charge in [0.05, 0.1) is 26.2 Å². The van der Waals surface area contributed by atoms with Crippen LogP contribution in [0.3, 0.4) is 0 Å². The Morgan fingerprint density at radius 3 is 2.33 bits per heavy atom. The lowest BCUT2D eigenvalue weighted by molar-refractivity contribution is -0.138. The van der Waals surface area contributed by atoms with Gasteiger partial charge < -0.3 is 19.7 Å². The molecule has 9 nitrogen and oxygen atoms in total. The number of anilines is 1. The van der Waals surface area contributed by atoms with E-state index in [1.807, 2.05) is 37.3 Å². The number of sulfonamides is 1. The Morgan fingerprint density at radius 2 is 1.75 bits per heavy atom. The van der Waals surface area contributed by atoms with Gasteiger partial charge in [-0.2, -0.15) is 0 Å². The minimum absolute atomic E-state index is 0.206. The molecule has 10 heteroatoms. The molecule has 0 unspecified atom stereocenters. The van der Waals surface area contributed by atoms with Gasteiger partial charge in [0.15, 0.2) is 0 Å². The maximum atomic E-state index is 13.6. The number of hydrogen-bond donors (Lipinski definition) is 1. The number of rotatable bonds is 14. The first-order valence-corrected chi connectivity index (χ1v) is 13.8. The Balaban J connectivity index is 2.35. The van der Waals surface area contributed by atoms with Crippen molar-refractivity contribution >= 4 is 27.5 Å². The average molecular weight is 520 g/mol. The highest BCUT2D eigenvalue weighted by Gasteiger charge is 2.31. The number of nitrogens with one attached hydrogen (secondary N) is 1. The molecular weight excluding hydrogens is 482 g/mol. The molecular formula is C26H37N3O6S. The molecule has 2 amide bonds. The lowest BCUT2D eigenvalue weighted by atomic mass is 10.1. The smallest absolute Gasteiger partial charge is 0.244 e. The van der Waals surface area contributed by atoms with Gasteiger partial charge in [0.25, 0.3) is 0 Å². The zero-order valence-electron chi connectivity index (χ0n) is 21.7. The Morgan fingerprint density at radius 1 is 1.06 bits per heavy atom. The SMILES string of the molecule is CCCCNC(=O)[C@H](C)N(CCc1ccccc1)C(=O)CN(c1ccc(OC)cc1OC)S(C)(=O)=O. The fourth-order valence-electron chi connectivity index (χ4n) is 3.69. The Bertz CT molecular complexity index is 1110. The maximum Gasteiger partial charge on any atom is 0.244 e. The second kappa shape index (κ2) is 13.7. The van der Waals surface area contributed by atoms with E-state index >= 15 is 0 Å². The first kappa shape index (κ1) is 29.0. The molecule has 0 radical (unpaired) electrons. The number of hydrogen-bond acceptors (Lipinski definition) is 6. The third-order valence-corrected chi connectivity index (χ3v) is 6.94. The average Bonchev–Trinajstić information content (AvgIpc) is 2.86. The molecule has 198 valence electrons. The topological polar surface area (TPSA) is 105 Å². The van der Waals surface area contributed by atoms with Crippen molar-refractivity contribution in [1.29, 1.82) is 0 Å². The number of carbonyl (C=O) groups excluding carboxylic acids is 2. The fourth-order valence-corrected chi connectivity index (χ4v) is 4.54. The zero-order chi connectivity index (χ0) is 26.7. The van der Waals surface area contributed by atoms with E-state index < -0.39 is 28.5 Å². The summed E-state index contributed by atoms with van der Waals surface area (Å²) in [6.45, 7) is 3.96. The number of unbranched alkanes of at least 4 members (excludes halogenated alkanes) is 1. The van der Waals surface area contributed by atoms with Crippen LogP contribution < -0.4 is 19.1 Å². The van der Waals surface area contributed by atoms with Gasteiger partial charge in [-0.25, -0.2) is 8.42 Å². The summed E-state index contributed by atoms with van der Waals surface area (Å²) in [4.78, 5) is 27.8. The fraction of sp³-hybridized carbons (Fsp3) is 0.462. The summed E-state index contributed by atoms with van der Waals surface area (Å²) >= 11 is 0. The third kappa shape index (κ3) is 8.15. The normalized spacial score (nSPS) is 11.9. The molecule has 0 saturated heterocycles. The minimum atomic E-state index is -3.86. The highest BCUT2D eigenvalue weighted by Crippen LogP contribution is 2.33. The van der Waals surface area contributed by atoms with Crippen molar-refractivity contribution in [3.63, 3.8) is 0 Å². The molecule has 1 N–H and O–H groups in total. The van der Waals surface area contributed by atoms with Gasteiger partial charge in [-0.1, -0.05) is 43.7 Å². The molecule has 2 rings (SSSR count). The van der Waals surface area contributed by atoms with Crippen LogP contribution in [-0.4, -0.2) is 71.3 Å².